The van der Waals surface area contributed by atoms with Crippen LogP contribution in [0.1, 0.15) is 99.8 Å². The van der Waals surface area contributed by atoms with Crippen LogP contribution in [0.4, 0.5) is 9.59 Å². The van der Waals surface area contributed by atoms with Gasteiger partial charge in [0.1, 0.15) is 18.7 Å². The van der Waals surface area contributed by atoms with Gasteiger partial charge in [0, 0.05) is 19.6 Å². The van der Waals surface area contributed by atoms with Crippen LogP contribution in [0.5, 0.6) is 0 Å². The number of ketones is 1. The van der Waals surface area contributed by atoms with Crippen molar-refractivity contribution in [3.8, 4) is 0 Å². The molecule has 0 radical (unpaired) electrons. The summed E-state index contributed by atoms with van der Waals surface area (Å²) >= 11 is 0. The molecule has 1 saturated heterocycles. The maximum atomic E-state index is 14.5. The van der Waals surface area contributed by atoms with Crippen LogP contribution in [-0.4, -0.2) is 90.9 Å². The lowest BCUT2D eigenvalue weighted by molar-refractivity contribution is -0.144. The molecule has 49 heavy (non-hydrogen) atoms. The maximum Gasteiger partial charge on any atom is 0.407 e. The lowest BCUT2D eigenvalue weighted by atomic mass is 9.83. The van der Waals surface area contributed by atoms with E-state index in [1.807, 2.05) is 27.7 Å². The molecular weight excluding hydrogens is 628 g/mol. The summed E-state index contributed by atoms with van der Waals surface area (Å²) in [5, 5.41) is 13.8. The minimum absolute atomic E-state index is 0.0544. The van der Waals surface area contributed by atoms with Crippen LogP contribution >= 0.6 is 0 Å². The highest BCUT2D eigenvalue weighted by Crippen LogP contribution is 2.65. The molecule has 5 N–H and O–H groups in total. The van der Waals surface area contributed by atoms with Crippen LogP contribution in [-0.2, 0) is 23.9 Å². The van der Waals surface area contributed by atoms with E-state index in [9.17, 15) is 28.8 Å². The van der Waals surface area contributed by atoms with E-state index in [2.05, 4.69) is 47.0 Å². The molecule has 0 aromatic heterocycles. The molecule has 0 aromatic rings. The molecule has 13 heteroatoms. The summed E-state index contributed by atoms with van der Waals surface area (Å²) in [7, 11) is 0. The van der Waals surface area contributed by atoms with Crippen molar-refractivity contribution in [2.24, 2.45) is 28.6 Å². The summed E-state index contributed by atoms with van der Waals surface area (Å²) in [6, 6.07) is -3.83. The number of hydrogen-bond donors (Lipinski definition) is 5. The molecular formula is C36H60N6O7. The van der Waals surface area contributed by atoms with Crippen LogP contribution in [0.15, 0.2) is 12.7 Å². The first-order chi connectivity index (χ1) is 23.1. The van der Waals surface area contributed by atoms with E-state index in [0.717, 1.165) is 38.5 Å². The Morgan fingerprint density at radius 2 is 1.65 bits per heavy atom. The van der Waals surface area contributed by atoms with E-state index in [0.29, 0.717) is 25.9 Å². The van der Waals surface area contributed by atoms with Gasteiger partial charge in [0.05, 0.1) is 12.1 Å². The number of Topliss-reactive ketones (excluding diaryl/α,β-unsaturated/α-hetero) is 1. The average molecular weight is 689 g/mol. The Bertz CT molecular complexity index is 1220. The summed E-state index contributed by atoms with van der Waals surface area (Å²) in [6.07, 6.45) is 7.02. The van der Waals surface area contributed by atoms with Crippen LogP contribution < -0.4 is 26.6 Å². The molecule has 3 fully saturated rings. The predicted octanol–water partition coefficient (Wildman–Crippen LogP) is 3.42. The summed E-state index contributed by atoms with van der Waals surface area (Å²) in [4.78, 5) is 81.5. The molecule has 1 unspecified atom stereocenters. The van der Waals surface area contributed by atoms with E-state index < -0.39 is 59.3 Å². The molecule has 1 heterocycles. The molecule has 6 amide bonds. The van der Waals surface area contributed by atoms with E-state index in [1.165, 1.54) is 6.08 Å². The van der Waals surface area contributed by atoms with Gasteiger partial charge in [-0.05, 0) is 54.8 Å². The topological polar surface area (TPSA) is 175 Å². The van der Waals surface area contributed by atoms with Crippen LogP contribution in [0.25, 0.3) is 0 Å². The zero-order chi connectivity index (χ0) is 36.5. The van der Waals surface area contributed by atoms with Crippen molar-refractivity contribution in [1.82, 2.24) is 31.5 Å². The monoisotopic (exact) mass is 688 g/mol. The number of piperidine rings is 1. The fourth-order valence-corrected chi connectivity index (χ4v) is 7.39. The number of nitrogens with one attached hydrogen (secondary N) is 5. The third-order valence-corrected chi connectivity index (χ3v) is 10.6. The second-order valence-corrected chi connectivity index (χ2v) is 15.5. The molecule has 0 bridgehead atoms. The number of rotatable bonds is 16. The number of likely N-dealkylation sites (tertiary alicyclic amines) is 1. The Kier molecular flexibility index (Phi) is 14.1. The highest BCUT2D eigenvalue weighted by Gasteiger charge is 2.69. The number of nitrogens with zero attached hydrogens (tertiary/aromatic N) is 1. The van der Waals surface area contributed by atoms with Gasteiger partial charge in [0.15, 0.2) is 0 Å². The molecule has 2 aliphatic carbocycles. The van der Waals surface area contributed by atoms with Crippen molar-refractivity contribution in [2.75, 3.05) is 26.2 Å². The van der Waals surface area contributed by atoms with Gasteiger partial charge < -0.3 is 36.2 Å². The molecule has 3 aliphatic rings. The Morgan fingerprint density at radius 1 is 0.980 bits per heavy atom. The standard InChI is InChI=1S/C36H60N6O7/c1-9-12-18-24(29(43)31(45)38-19-10-2)39-30(44)28-26-23(36(26,7)8)20-42(28)32(46)27(22-16-14-13-15-17-22)41-33(47)40-25(35(4,5)6)21-49-34(48)37-11-3/h10,22-28H,2,9,11-21H2,1,3-8H3,(H,37,48)(H,38,45)(H,39,44)(H2,40,41,47)/t23-,24?,25+,26-,27-,28-/m0/s1. The highest BCUT2D eigenvalue weighted by atomic mass is 16.5. The number of fused-ring (bicyclic) bond motifs is 1. The van der Waals surface area contributed by atoms with Gasteiger partial charge in [-0.2, -0.15) is 0 Å². The third kappa shape index (κ3) is 10.2. The Labute approximate surface area is 291 Å². The van der Waals surface area contributed by atoms with Crippen molar-refractivity contribution in [3.63, 3.8) is 0 Å². The number of amides is 6. The third-order valence-electron chi connectivity index (χ3n) is 10.6. The van der Waals surface area contributed by atoms with Crippen molar-refractivity contribution < 1.29 is 33.5 Å². The van der Waals surface area contributed by atoms with Gasteiger partial charge in [-0.25, -0.2) is 9.59 Å². The van der Waals surface area contributed by atoms with Crippen LogP contribution in [0.3, 0.4) is 0 Å². The molecule has 2 saturated carbocycles. The van der Waals surface area contributed by atoms with Crippen LogP contribution in [0.2, 0.25) is 0 Å². The lowest BCUT2D eigenvalue weighted by Crippen LogP contribution is -2.61. The zero-order valence-electron chi connectivity index (χ0n) is 30.6. The fraction of sp³-hybridized carbons (Fsp3) is 0.778. The minimum atomic E-state index is -1.02. The number of unbranched alkanes of at least 4 members (excludes halogenated alkanes) is 1. The lowest BCUT2D eigenvalue weighted by Gasteiger charge is -2.38. The largest absolute Gasteiger partial charge is 0.447 e. The molecule has 1 aliphatic heterocycles. The van der Waals surface area contributed by atoms with E-state index in [-0.39, 0.29) is 42.2 Å². The average Bonchev–Trinajstić information content (AvgIpc) is 3.36. The van der Waals surface area contributed by atoms with Crippen molar-refractivity contribution >= 4 is 35.6 Å². The van der Waals surface area contributed by atoms with Gasteiger partial charge in [-0.3, -0.25) is 19.2 Å². The number of hydrogen-bond acceptors (Lipinski definition) is 7. The molecule has 276 valence electrons. The molecule has 6 atom stereocenters. The first kappa shape index (κ1) is 39.8. The molecule has 13 nitrogen and oxygen atoms in total. The van der Waals surface area contributed by atoms with E-state index >= 15 is 0 Å². The minimum Gasteiger partial charge on any atom is -0.447 e. The summed E-state index contributed by atoms with van der Waals surface area (Å²) < 4.78 is 5.34. The molecule has 0 spiro atoms. The van der Waals surface area contributed by atoms with Crippen molar-refractivity contribution in [3.05, 3.63) is 12.7 Å². The fourth-order valence-electron chi connectivity index (χ4n) is 7.39. The number of ether oxygens (including phenoxy) is 1. The van der Waals surface area contributed by atoms with Gasteiger partial charge >= 0.3 is 12.1 Å². The summed E-state index contributed by atoms with van der Waals surface area (Å²) in [5.41, 5.74) is -0.647. The summed E-state index contributed by atoms with van der Waals surface area (Å²) in [6.45, 7) is 18.1. The van der Waals surface area contributed by atoms with Crippen molar-refractivity contribution in [2.45, 2.75) is 124 Å². The Hall–Kier alpha value is -3.64. The normalized spacial score (nSPS) is 23.2. The summed E-state index contributed by atoms with van der Waals surface area (Å²) in [5.74, 6) is -2.45. The smallest absolute Gasteiger partial charge is 0.407 e. The van der Waals surface area contributed by atoms with Gasteiger partial charge in [-0.15, -0.1) is 6.58 Å². The number of carbonyl (C=O) groups excluding carboxylic acids is 6. The Morgan fingerprint density at radius 3 is 2.24 bits per heavy atom. The van der Waals surface area contributed by atoms with Gasteiger partial charge in [-0.1, -0.05) is 79.7 Å². The second-order valence-electron chi connectivity index (χ2n) is 15.5. The van der Waals surface area contributed by atoms with Gasteiger partial charge in [0.2, 0.25) is 17.6 Å². The Balaban J connectivity index is 1.84. The van der Waals surface area contributed by atoms with Crippen LogP contribution in [0, 0.1) is 28.6 Å². The van der Waals surface area contributed by atoms with E-state index in [4.69, 9.17) is 4.74 Å². The number of carbonyl (C=O) groups is 6. The maximum absolute atomic E-state index is 14.5. The number of alkyl carbamates (subject to hydrolysis) is 1. The van der Waals surface area contributed by atoms with E-state index in [1.54, 1.807) is 11.8 Å². The SMILES string of the molecule is C=CCNC(=O)C(=O)C(CCCC)NC(=O)[C@@H]1[C@@H]2[C@H](CN1C(=O)[C@@H](NC(=O)N[C@H](COC(=O)NCC)C(C)(C)C)C1CCCCC1)C2(C)C. The second kappa shape index (κ2) is 17.3. The first-order valence-corrected chi connectivity index (χ1v) is 18.1. The number of urea groups is 1. The molecule has 0 aromatic carbocycles. The zero-order valence-corrected chi connectivity index (χ0v) is 30.6. The van der Waals surface area contributed by atoms with Crippen molar-refractivity contribution in [1.29, 1.82) is 0 Å². The van der Waals surface area contributed by atoms with Gasteiger partial charge in [0.25, 0.3) is 5.91 Å². The first-order valence-electron chi connectivity index (χ1n) is 18.1. The molecule has 3 rings (SSSR count). The highest BCUT2D eigenvalue weighted by molar-refractivity contribution is 6.38. The predicted molar refractivity (Wildman–Crippen MR) is 186 cm³/mol. The quantitative estimate of drug-likeness (QED) is 0.122.